The Labute approximate surface area is 111 Å². The minimum atomic E-state index is 0.185. The first-order valence-electron chi connectivity index (χ1n) is 7.01. The molecule has 18 heavy (non-hydrogen) atoms. The van der Waals surface area contributed by atoms with E-state index in [-0.39, 0.29) is 12.1 Å². The van der Waals surface area contributed by atoms with E-state index in [4.69, 9.17) is 4.74 Å². The summed E-state index contributed by atoms with van der Waals surface area (Å²) in [5.41, 5.74) is 1.21. The lowest BCUT2D eigenvalue weighted by atomic mass is 9.95. The van der Waals surface area contributed by atoms with Crippen molar-refractivity contribution in [2.45, 2.75) is 53.3 Å². The van der Waals surface area contributed by atoms with Crippen LogP contribution in [-0.2, 0) is 11.3 Å². The molecule has 0 saturated heterocycles. The van der Waals surface area contributed by atoms with Gasteiger partial charge < -0.3 is 10.1 Å². The standard InChI is InChI=1S/C14H27N3O/c1-6-15-13(14(11(4)5)18-8-3)12-9-16-17(7-2)10-12/h9-11,13-15H,6-8H2,1-5H3. The summed E-state index contributed by atoms with van der Waals surface area (Å²) >= 11 is 0. The fourth-order valence-electron chi connectivity index (χ4n) is 2.22. The number of nitrogens with one attached hydrogen (secondary N) is 1. The van der Waals surface area contributed by atoms with Crippen molar-refractivity contribution in [3.8, 4) is 0 Å². The van der Waals surface area contributed by atoms with Crippen molar-refractivity contribution < 1.29 is 4.74 Å². The van der Waals surface area contributed by atoms with Crippen LogP contribution in [-0.4, -0.2) is 29.0 Å². The third-order valence-corrected chi connectivity index (χ3v) is 3.11. The van der Waals surface area contributed by atoms with Gasteiger partial charge in [-0.2, -0.15) is 5.10 Å². The zero-order valence-electron chi connectivity index (χ0n) is 12.3. The summed E-state index contributed by atoms with van der Waals surface area (Å²) in [7, 11) is 0. The Bertz CT molecular complexity index is 336. The molecule has 4 nitrogen and oxygen atoms in total. The van der Waals surface area contributed by atoms with Crippen molar-refractivity contribution >= 4 is 0 Å². The minimum absolute atomic E-state index is 0.185. The molecule has 1 N–H and O–H groups in total. The van der Waals surface area contributed by atoms with Crippen LogP contribution in [0.15, 0.2) is 12.4 Å². The maximum atomic E-state index is 5.92. The van der Waals surface area contributed by atoms with Crippen molar-refractivity contribution in [1.82, 2.24) is 15.1 Å². The molecule has 0 radical (unpaired) electrons. The smallest absolute Gasteiger partial charge is 0.0793 e. The van der Waals surface area contributed by atoms with Crippen LogP contribution in [0.2, 0.25) is 0 Å². The van der Waals surface area contributed by atoms with Crippen LogP contribution in [0.1, 0.15) is 46.2 Å². The molecule has 0 amide bonds. The summed E-state index contributed by atoms with van der Waals surface area (Å²) < 4.78 is 7.88. The molecule has 0 aromatic carbocycles. The number of nitrogens with zero attached hydrogens (tertiary/aromatic N) is 2. The van der Waals surface area contributed by atoms with Crippen molar-refractivity contribution in [3.05, 3.63) is 18.0 Å². The average Bonchev–Trinajstić information content (AvgIpc) is 2.81. The Morgan fingerprint density at radius 3 is 2.50 bits per heavy atom. The van der Waals surface area contributed by atoms with Gasteiger partial charge in [0.05, 0.1) is 18.3 Å². The van der Waals surface area contributed by atoms with E-state index >= 15 is 0 Å². The number of ether oxygens (including phenoxy) is 1. The molecule has 104 valence electrons. The number of hydrogen-bond donors (Lipinski definition) is 1. The molecule has 0 fully saturated rings. The molecule has 0 aliphatic rings. The van der Waals surface area contributed by atoms with Gasteiger partial charge in [0.15, 0.2) is 0 Å². The highest BCUT2D eigenvalue weighted by Gasteiger charge is 2.26. The molecule has 0 spiro atoms. The van der Waals surface area contributed by atoms with Gasteiger partial charge in [0.1, 0.15) is 0 Å². The van der Waals surface area contributed by atoms with Gasteiger partial charge in [-0.1, -0.05) is 20.8 Å². The zero-order chi connectivity index (χ0) is 13.5. The van der Waals surface area contributed by atoms with Gasteiger partial charge in [-0.15, -0.1) is 0 Å². The number of aromatic nitrogens is 2. The van der Waals surface area contributed by atoms with E-state index in [9.17, 15) is 0 Å². The number of hydrogen-bond acceptors (Lipinski definition) is 3. The third-order valence-electron chi connectivity index (χ3n) is 3.11. The second-order valence-electron chi connectivity index (χ2n) is 4.83. The van der Waals surface area contributed by atoms with E-state index < -0.39 is 0 Å². The van der Waals surface area contributed by atoms with Crippen molar-refractivity contribution in [1.29, 1.82) is 0 Å². The number of rotatable bonds is 8. The molecular formula is C14H27N3O. The monoisotopic (exact) mass is 253 g/mol. The molecule has 4 heteroatoms. The summed E-state index contributed by atoms with van der Waals surface area (Å²) in [4.78, 5) is 0. The predicted molar refractivity (Wildman–Crippen MR) is 74.6 cm³/mol. The van der Waals surface area contributed by atoms with Crippen LogP contribution in [0.25, 0.3) is 0 Å². The Kier molecular flexibility index (Phi) is 6.36. The molecule has 0 bridgehead atoms. The molecular weight excluding hydrogens is 226 g/mol. The predicted octanol–water partition coefficient (Wildman–Crippen LogP) is 2.61. The highest BCUT2D eigenvalue weighted by atomic mass is 16.5. The van der Waals surface area contributed by atoms with Gasteiger partial charge in [-0.05, 0) is 26.3 Å². The van der Waals surface area contributed by atoms with Crippen LogP contribution >= 0.6 is 0 Å². The number of aryl methyl sites for hydroxylation is 1. The summed E-state index contributed by atoms with van der Waals surface area (Å²) in [5.74, 6) is 0.471. The normalized spacial score (nSPS) is 15.0. The van der Waals surface area contributed by atoms with Crippen molar-refractivity contribution in [2.24, 2.45) is 5.92 Å². The molecule has 1 heterocycles. The van der Waals surface area contributed by atoms with Crippen LogP contribution in [0.3, 0.4) is 0 Å². The molecule has 1 aromatic rings. The summed E-state index contributed by atoms with van der Waals surface area (Å²) in [6.07, 6.45) is 4.25. The second-order valence-corrected chi connectivity index (χ2v) is 4.83. The fraction of sp³-hybridized carbons (Fsp3) is 0.786. The van der Waals surface area contributed by atoms with E-state index in [1.165, 1.54) is 5.56 Å². The summed E-state index contributed by atoms with van der Waals surface area (Å²) in [6.45, 7) is 13.3. The largest absolute Gasteiger partial charge is 0.376 e. The molecule has 0 aliphatic heterocycles. The van der Waals surface area contributed by atoms with E-state index in [0.717, 1.165) is 19.7 Å². The maximum absolute atomic E-state index is 5.92. The van der Waals surface area contributed by atoms with Crippen molar-refractivity contribution in [3.63, 3.8) is 0 Å². The first kappa shape index (κ1) is 15.2. The van der Waals surface area contributed by atoms with Gasteiger partial charge in [-0.25, -0.2) is 0 Å². The van der Waals surface area contributed by atoms with Crippen LogP contribution < -0.4 is 5.32 Å². The van der Waals surface area contributed by atoms with E-state index in [0.29, 0.717) is 5.92 Å². The Morgan fingerprint density at radius 2 is 2.06 bits per heavy atom. The van der Waals surface area contributed by atoms with E-state index in [1.54, 1.807) is 0 Å². The summed E-state index contributed by atoms with van der Waals surface area (Å²) in [6, 6.07) is 0.218. The van der Waals surface area contributed by atoms with Gasteiger partial charge >= 0.3 is 0 Å². The Hall–Kier alpha value is -0.870. The topological polar surface area (TPSA) is 39.1 Å². The fourth-order valence-corrected chi connectivity index (χ4v) is 2.22. The van der Waals surface area contributed by atoms with Gasteiger partial charge in [-0.3, -0.25) is 4.68 Å². The molecule has 0 saturated carbocycles. The van der Waals surface area contributed by atoms with Crippen LogP contribution in [0.5, 0.6) is 0 Å². The average molecular weight is 253 g/mol. The minimum Gasteiger partial charge on any atom is -0.376 e. The molecule has 0 aliphatic carbocycles. The van der Waals surface area contributed by atoms with Crippen molar-refractivity contribution in [2.75, 3.05) is 13.2 Å². The second kappa shape index (κ2) is 7.54. The Balaban J connectivity index is 2.91. The first-order chi connectivity index (χ1) is 8.63. The lowest BCUT2D eigenvalue weighted by molar-refractivity contribution is 0.00316. The van der Waals surface area contributed by atoms with Gasteiger partial charge in [0.2, 0.25) is 0 Å². The summed E-state index contributed by atoms with van der Waals surface area (Å²) in [5, 5.41) is 7.89. The molecule has 1 aromatic heterocycles. The molecule has 2 unspecified atom stereocenters. The lowest BCUT2D eigenvalue weighted by Crippen LogP contribution is -2.37. The highest BCUT2D eigenvalue weighted by molar-refractivity contribution is 5.13. The van der Waals surface area contributed by atoms with Crippen LogP contribution in [0, 0.1) is 5.92 Å². The van der Waals surface area contributed by atoms with E-state index in [1.807, 2.05) is 17.8 Å². The molecule has 1 rings (SSSR count). The van der Waals surface area contributed by atoms with Crippen LogP contribution in [0.4, 0.5) is 0 Å². The zero-order valence-corrected chi connectivity index (χ0v) is 12.3. The number of likely N-dealkylation sites (N-methyl/N-ethyl adjacent to an activating group) is 1. The van der Waals surface area contributed by atoms with E-state index in [2.05, 4.69) is 44.3 Å². The lowest BCUT2D eigenvalue weighted by Gasteiger charge is -2.30. The maximum Gasteiger partial charge on any atom is 0.0793 e. The van der Waals surface area contributed by atoms with Gasteiger partial charge in [0, 0.05) is 24.9 Å². The third kappa shape index (κ3) is 3.82. The highest BCUT2D eigenvalue weighted by Crippen LogP contribution is 2.24. The van der Waals surface area contributed by atoms with Gasteiger partial charge in [0.25, 0.3) is 0 Å². The molecule has 2 atom stereocenters. The quantitative estimate of drug-likeness (QED) is 0.774. The first-order valence-corrected chi connectivity index (χ1v) is 7.01. The SMILES string of the molecule is CCNC(c1cnn(CC)c1)C(OCC)C(C)C. The Morgan fingerprint density at radius 1 is 1.33 bits per heavy atom.